The Morgan fingerprint density at radius 2 is 1.84 bits per heavy atom. The molecular formula is C29H34N6OS. The molecule has 0 radical (unpaired) electrons. The number of hydrogen-bond donors (Lipinski definition) is 1. The van der Waals surface area contributed by atoms with Crippen molar-refractivity contribution < 1.29 is 4.74 Å². The first-order valence-corrected chi connectivity index (χ1v) is 14.1. The van der Waals surface area contributed by atoms with Crippen molar-refractivity contribution in [2.45, 2.75) is 50.6 Å². The maximum absolute atomic E-state index is 6.23. The second-order valence-electron chi connectivity index (χ2n) is 10.4. The Balaban J connectivity index is 1.13. The van der Waals surface area contributed by atoms with Crippen molar-refractivity contribution in [3.63, 3.8) is 0 Å². The number of rotatable bonds is 7. The zero-order valence-corrected chi connectivity index (χ0v) is 22.4. The maximum atomic E-state index is 6.23. The fraction of sp³-hybridized carbons (Fsp3) is 0.414. The number of likely N-dealkylation sites (N-methyl/N-ethyl adjacent to an activating group) is 1. The summed E-state index contributed by atoms with van der Waals surface area (Å²) in [6.45, 7) is 2.06. The summed E-state index contributed by atoms with van der Waals surface area (Å²) in [5, 5.41) is 4.65. The number of anilines is 2. The molecule has 3 aromatic heterocycles. The predicted octanol–water partition coefficient (Wildman–Crippen LogP) is 6.43. The van der Waals surface area contributed by atoms with Gasteiger partial charge >= 0.3 is 0 Å². The van der Waals surface area contributed by atoms with Gasteiger partial charge in [0.2, 0.25) is 0 Å². The molecule has 1 aliphatic heterocycles. The molecule has 1 saturated carbocycles. The number of fused-ring (bicyclic) bond motifs is 1. The maximum Gasteiger partial charge on any atom is 0.184 e. The van der Waals surface area contributed by atoms with E-state index in [9.17, 15) is 0 Å². The first kappa shape index (κ1) is 24.1. The summed E-state index contributed by atoms with van der Waals surface area (Å²) >= 11 is 1.70. The van der Waals surface area contributed by atoms with Crippen LogP contribution in [0, 0.1) is 0 Å². The molecule has 8 heteroatoms. The van der Waals surface area contributed by atoms with Crippen LogP contribution in [0.15, 0.2) is 54.9 Å². The third kappa shape index (κ3) is 5.55. The van der Waals surface area contributed by atoms with E-state index in [1.165, 1.54) is 38.5 Å². The van der Waals surface area contributed by atoms with Crippen molar-refractivity contribution in [2.24, 2.45) is 0 Å². The highest BCUT2D eigenvalue weighted by Gasteiger charge is 2.24. The molecule has 2 fully saturated rings. The number of nitrogens with one attached hydrogen (secondary N) is 1. The minimum Gasteiger partial charge on any atom is -0.457 e. The molecule has 37 heavy (non-hydrogen) atoms. The smallest absolute Gasteiger partial charge is 0.184 e. The number of benzene rings is 1. The average Bonchev–Trinajstić information content (AvgIpc) is 3.57. The van der Waals surface area contributed by atoms with Crippen molar-refractivity contribution in [1.29, 1.82) is 0 Å². The SMILES string of the molecule is CN(C)C1CCN(c2ccc(-c3cc(Oc4ccc5nc(NC6CCCCC6)sc5c4)ccn3)cn2)C1. The molecule has 0 bridgehead atoms. The van der Waals surface area contributed by atoms with Crippen LogP contribution in [-0.2, 0) is 0 Å². The minimum atomic E-state index is 0.550. The molecule has 0 spiro atoms. The minimum absolute atomic E-state index is 0.550. The van der Waals surface area contributed by atoms with Crippen LogP contribution in [-0.4, -0.2) is 59.1 Å². The number of hydrogen-bond acceptors (Lipinski definition) is 8. The van der Waals surface area contributed by atoms with E-state index in [0.29, 0.717) is 12.1 Å². The Bertz CT molecular complexity index is 1350. The van der Waals surface area contributed by atoms with Crippen LogP contribution >= 0.6 is 11.3 Å². The van der Waals surface area contributed by atoms with Gasteiger partial charge < -0.3 is 19.9 Å². The summed E-state index contributed by atoms with van der Waals surface area (Å²) in [5.74, 6) is 2.58. The lowest BCUT2D eigenvalue weighted by Gasteiger charge is -2.22. The summed E-state index contributed by atoms with van der Waals surface area (Å²) in [5.41, 5.74) is 2.84. The Hall–Kier alpha value is -3.23. The molecular weight excluding hydrogens is 480 g/mol. The van der Waals surface area contributed by atoms with Crippen LogP contribution in [0.2, 0.25) is 0 Å². The molecule has 4 heterocycles. The van der Waals surface area contributed by atoms with Gasteiger partial charge in [0.05, 0.1) is 15.9 Å². The van der Waals surface area contributed by atoms with Crippen LogP contribution < -0.4 is 15.0 Å². The number of thiazole rings is 1. The lowest BCUT2D eigenvalue weighted by Crippen LogP contribution is -2.31. The number of pyridine rings is 2. The van der Waals surface area contributed by atoms with Gasteiger partial charge in [-0.25, -0.2) is 9.97 Å². The second kappa shape index (κ2) is 10.6. The van der Waals surface area contributed by atoms with E-state index in [2.05, 4.69) is 52.4 Å². The molecule has 1 saturated heterocycles. The first-order valence-electron chi connectivity index (χ1n) is 13.3. The third-order valence-corrected chi connectivity index (χ3v) is 8.47. The normalized spacial score (nSPS) is 18.6. The third-order valence-electron chi connectivity index (χ3n) is 7.52. The molecule has 6 rings (SSSR count). The van der Waals surface area contributed by atoms with E-state index in [0.717, 1.165) is 57.0 Å². The van der Waals surface area contributed by atoms with Crippen LogP contribution in [0.4, 0.5) is 10.9 Å². The van der Waals surface area contributed by atoms with Gasteiger partial charge in [0.15, 0.2) is 5.13 Å². The van der Waals surface area contributed by atoms with Gasteiger partial charge in [-0.2, -0.15) is 0 Å². The van der Waals surface area contributed by atoms with E-state index >= 15 is 0 Å². The van der Waals surface area contributed by atoms with Gasteiger partial charge in [0.25, 0.3) is 0 Å². The number of nitrogens with zero attached hydrogens (tertiary/aromatic N) is 5. The fourth-order valence-corrected chi connectivity index (χ4v) is 6.29. The van der Waals surface area contributed by atoms with Crippen LogP contribution in [0.1, 0.15) is 38.5 Å². The Morgan fingerprint density at radius 1 is 0.973 bits per heavy atom. The zero-order valence-electron chi connectivity index (χ0n) is 21.6. The molecule has 1 unspecified atom stereocenters. The molecule has 2 aliphatic rings. The van der Waals surface area contributed by atoms with Gasteiger partial charge in [-0.15, -0.1) is 0 Å². The molecule has 192 valence electrons. The molecule has 1 atom stereocenters. The average molecular weight is 515 g/mol. The van der Waals surface area contributed by atoms with E-state index in [1.54, 1.807) is 17.5 Å². The molecule has 1 aliphatic carbocycles. The van der Waals surface area contributed by atoms with Gasteiger partial charge in [-0.05, 0) is 63.7 Å². The van der Waals surface area contributed by atoms with Crippen molar-refractivity contribution in [1.82, 2.24) is 19.9 Å². The lowest BCUT2D eigenvalue weighted by atomic mass is 9.96. The Kier molecular flexibility index (Phi) is 6.93. The summed E-state index contributed by atoms with van der Waals surface area (Å²) in [6.07, 6.45) is 11.3. The molecule has 1 aromatic carbocycles. The molecule has 7 nitrogen and oxygen atoms in total. The van der Waals surface area contributed by atoms with Crippen LogP contribution in [0.3, 0.4) is 0 Å². The van der Waals surface area contributed by atoms with Crippen molar-refractivity contribution in [3.05, 3.63) is 54.9 Å². The molecule has 1 N–H and O–H groups in total. The summed E-state index contributed by atoms with van der Waals surface area (Å²) in [6, 6.07) is 15.3. The van der Waals surface area contributed by atoms with Crippen LogP contribution in [0.25, 0.3) is 21.5 Å². The number of ether oxygens (including phenoxy) is 1. The highest BCUT2D eigenvalue weighted by Crippen LogP contribution is 2.33. The van der Waals surface area contributed by atoms with Gasteiger partial charge in [-0.1, -0.05) is 30.6 Å². The summed E-state index contributed by atoms with van der Waals surface area (Å²) < 4.78 is 7.36. The Morgan fingerprint density at radius 3 is 2.62 bits per heavy atom. The molecule has 0 amide bonds. The van der Waals surface area contributed by atoms with Crippen molar-refractivity contribution in [2.75, 3.05) is 37.4 Å². The van der Waals surface area contributed by atoms with Gasteiger partial charge in [0.1, 0.15) is 17.3 Å². The highest BCUT2D eigenvalue weighted by atomic mass is 32.1. The monoisotopic (exact) mass is 514 g/mol. The Labute approximate surface area is 222 Å². The number of aromatic nitrogens is 3. The van der Waals surface area contributed by atoms with E-state index in [-0.39, 0.29) is 0 Å². The van der Waals surface area contributed by atoms with Gasteiger partial charge in [0, 0.05) is 55.3 Å². The topological polar surface area (TPSA) is 66.4 Å². The van der Waals surface area contributed by atoms with Crippen molar-refractivity contribution in [3.8, 4) is 22.8 Å². The van der Waals surface area contributed by atoms with Crippen molar-refractivity contribution >= 4 is 32.5 Å². The van der Waals surface area contributed by atoms with Crippen LogP contribution in [0.5, 0.6) is 11.5 Å². The zero-order chi connectivity index (χ0) is 25.2. The predicted molar refractivity (Wildman–Crippen MR) is 152 cm³/mol. The largest absolute Gasteiger partial charge is 0.457 e. The summed E-state index contributed by atoms with van der Waals surface area (Å²) in [4.78, 5) is 18.7. The van der Waals surface area contributed by atoms with E-state index in [4.69, 9.17) is 14.7 Å². The molecule has 4 aromatic rings. The summed E-state index contributed by atoms with van der Waals surface area (Å²) in [7, 11) is 4.29. The van der Waals surface area contributed by atoms with Gasteiger partial charge in [-0.3, -0.25) is 4.98 Å². The fourth-order valence-electron chi connectivity index (χ4n) is 5.32. The standard InChI is InChI=1S/C29H34N6OS/c1-34(2)22-13-15-35(19-22)28-11-8-20(18-31-28)26-16-24(12-14-30-26)36-23-9-10-25-27(17-23)37-29(33-25)32-21-6-4-3-5-7-21/h8-12,14,16-18,21-22H,3-7,13,15,19H2,1-2H3,(H,32,33). The lowest BCUT2D eigenvalue weighted by molar-refractivity contribution is 0.315. The first-order chi connectivity index (χ1) is 18.1. The quantitative estimate of drug-likeness (QED) is 0.305. The van der Waals surface area contributed by atoms with E-state index in [1.807, 2.05) is 30.5 Å². The highest BCUT2D eigenvalue weighted by molar-refractivity contribution is 7.22. The van der Waals surface area contributed by atoms with E-state index < -0.39 is 0 Å². The second-order valence-corrected chi connectivity index (χ2v) is 11.4.